The maximum atomic E-state index is 12.4. The average molecular weight is 381 g/mol. The lowest BCUT2D eigenvalue weighted by Crippen LogP contribution is -2.39. The molecular weight excluding hydrogens is 356 g/mol. The lowest BCUT2D eigenvalue weighted by molar-refractivity contribution is 0.249. The van der Waals surface area contributed by atoms with Gasteiger partial charge >= 0.3 is 6.03 Å². The van der Waals surface area contributed by atoms with Crippen LogP contribution in [0.2, 0.25) is 0 Å². The summed E-state index contributed by atoms with van der Waals surface area (Å²) in [5, 5.41) is 8.12. The molecule has 27 heavy (non-hydrogen) atoms. The van der Waals surface area contributed by atoms with E-state index in [1.807, 2.05) is 24.4 Å². The van der Waals surface area contributed by atoms with Gasteiger partial charge in [-0.3, -0.25) is 4.98 Å². The SMILES string of the molecule is CC(C)c1ccc(NC(=O)NC2CCN(c3ccnc4ccsc34)C2)cc1. The standard InChI is InChI=1S/C21H24N4OS/c1-14(2)15-3-5-16(6-4-15)23-21(26)24-17-8-11-25(13-17)19-7-10-22-18-9-12-27-20(18)19/h3-7,9-10,12,14,17H,8,11,13H2,1-2H3,(H2,23,24,26). The van der Waals surface area contributed by atoms with Gasteiger partial charge in [-0.1, -0.05) is 26.0 Å². The second-order valence-electron chi connectivity index (χ2n) is 7.27. The number of benzene rings is 1. The number of amides is 2. The molecule has 3 heterocycles. The Hall–Kier alpha value is -2.60. The molecular formula is C21H24N4OS. The third kappa shape index (κ3) is 3.90. The summed E-state index contributed by atoms with van der Waals surface area (Å²) < 4.78 is 1.22. The predicted octanol–water partition coefficient (Wildman–Crippen LogP) is 4.82. The molecule has 0 radical (unpaired) electrons. The zero-order valence-electron chi connectivity index (χ0n) is 15.6. The van der Waals surface area contributed by atoms with E-state index in [0.717, 1.165) is 30.7 Å². The van der Waals surface area contributed by atoms with Gasteiger partial charge in [0.15, 0.2) is 0 Å². The zero-order chi connectivity index (χ0) is 18.8. The molecule has 140 valence electrons. The molecule has 0 saturated carbocycles. The number of pyridine rings is 1. The van der Waals surface area contributed by atoms with Crippen molar-refractivity contribution in [3.05, 3.63) is 53.5 Å². The molecule has 4 rings (SSSR count). The van der Waals surface area contributed by atoms with E-state index in [0.29, 0.717) is 5.92 Å². The molecule has 1 saturated heterocycles. The van der Waals surface area contributed by atoms with Gasteiger partial charge in [0, 0.05) is 31.0 Å². The Morgan fingerprint density at radius 1 is 1.22 bits per heavy atom. The predicted molar refractivity (Wildman–Crippen MR) is 113 cm³/mol. The number of carbonyl (C=O) groups is 1. The number of hydrogen-bond acceptors (Lipinski definition) is 4. The van der Waals surface area contributed by atoms with Gasteiger partial charge in [0.25, 0.3) is 0 Å². The molecule has 1 atom stereocenters. The van der Waals surface area contributed by atoms with Gasteiger partial charge in [0.05, 0.1) is 15.9 Å². The van der Waals surface area contributed by atoms with E-state index >= 15 is 0 Å². The highest BCUT2D eigenvalue weighted by molar-refractivity contribution is 7.17. The van der Waals surface area contributed by atoms with Gasteiger partial charge in [-0.05, 0) is 47.5 Å². The second kappa shape index (κ2) is 7.56. The van der Waals surface area contributed by atoms with Crippen molar-refractivity contribution in [1.82, 2.24) is 10.3 Å². The van der Waals surface area contributed by atoms with Crippen LogP contribution in [0.3, 0.4) is 0 Å². The van der Waals surface area contributed by atoms with Crippen LogP contribution in [0.4, 0.5) is 16.2 Å². The van der Waals surface area contributed by atoms with Gasteiger partial charge in [-0.25, -0.2) is 4.79 Å². The maximum Gasteiger partial charge on any atom is 0.319 e. The van der Waals surface area contributed by atoms with Crippen LogP contribution in [-0.2, 0) is 0 Å². The number of nitrogens with one attached hydrogen (secondary N) is 2. The molecule has 2 amide bonds. The number of anilines is 2. The largest absolute Gasteiger partial charge is 0.368 e. The van der Waals surface area contributed by atoms with Crippen molar-refractivity contribution < 1.29 is 4.79 Å². The highest BCUT2D eigenvalue weighted by atomic mass is 32.1. The van der Waals surface area contributed by atoms with Gasteiger partial charge in [-0.2, -0.15) is 0 Å². The Labute approximate surface area is 163 Å². The zero-order valence-corrected chi connectivity index (χ0v) is 16.4. The summed E-state index contributed by atoms with van der Waals surface area (Å²) >= 11 is 1.72. The van der Waals surface area contributed by atoms with Crippen LogP contribution in [0.15, 0.2) is 48.0 Å². The molecule has 1 aliphatic rings. The molecule has 3 aromatic rings. The minimum Gasteiger partial charge on any atom is -0.368 e. The van der Waals surface area contributed by atoms with Crippen LogP contribution in [0, 0.1) is 0 Å². The van der Waals surface area contributed by atoms with Crippen molar-refractivity contribution in [3.63, 3.8) is 0 Å². The van der Waals surface area contributed by atoms with E-state index in [1.54, 1.807) is 11.3 Å². The van der Waals surface area contributed by atoms with Crippen LogP contribution in [0.1, 0.15) is 31.7 Å². The summed E-state index contributed by atoms with van der Waals surface area (Å²) in [5.74, 6) is 0.486. The summed E-state index contributed by atoms with van der Waals surface area (Å²) in [7, 11) is 0. The molecule has 6 heteroatoms. The summed E-state index contributed by atoms with van der Waals surface area (Å²) in [5.41, 5.74) is 4.34. The lowest BCUT2D eigenvalue weighted by Gasteiger charge is -2.19. The number of rotatable bonds is 4. The Morgan fingerprint density at radius 2 is 2.04 bits per heavy atom. The average Bonchev–Trinajstić information content (AvgIpc) is 3.31. The van der Waals surface area contributed by atoms with Crippen LogP contribution < -0.4 is 15.5 Å². The number of thiophene rings is 1. The van der Waals surface area contributed by atoms with E-state index < -0.39 is 0 Å². The van der Waals surface area contributed by atoms with Crippen molar-refractivity contribution in [1.29, 1.82) is 0 Å². The summed E-state index contributed by atoms with van der Waals surface area (Å²) in [6, 6.07) is 12.2. The monoisotopic (exact) mass is 380 g/mol. The summed E-state index contributed by atoms with van der Waals surface area (Å²) in [6.07, 6.45) is 2.80. The summed E-state index contributed by atoms with van der Waals surface area (Å²) in [6.45, 7) is 6.07. The van der Waals surface area contributed by atoms with E-state index in [1.165, 1.54) is 16.0 Å². The van der Waals surface area contributed by atoms with Crippen molar-refractivity contribution in [3.8, 4) is 0 Å². The van der Waals surface area contributed by atoms with E-state index in [-0.39, 0.29) is 12.1 Å². The van der Waals surface area contributed by atoms with Gasteiger partial charge in [-0.15, -0.1) is 11.3 Å². The number of fused-ring (bicyclic) bond motifs is 1. The number of nitrogens with zero attached hydrogens (tertiary/aromatic N) is 2. The number of hydrogen-bond donors (Lipinski definition) is 2. The molecule has 1 aromatic carbocycles. The number of carbonyl (C=O) groups excluding carboxylic acids is 1. The highest BCUT2D eigenvalue weighted by Crippen LogP contribution is 2.31. The number of aromatic nitrogens is 1. The summed E-state index contributed by atoms with van der Waals surface area (Å²) in [4.78, 5) is 19.1. The van der Waals surface area contributed by atoms with Crippen molar-refractivity contribution >= 4 is 39.0 Å². The minimum absolute atomic E-state index is 0.142. The fourth-order valence-electron chi connectivity index (χ4n) is 3.51. The second-order valence-corrected chi connectivity index (χ2v) is 8.19. The van der Waals surface area contributed by atoms with E-state index in [9.17, 15) is 4.79 Å². The highest BCUT2D eigenvalue weighted by Gasteiger charge is 2.25. The molecule has 0 bridgehead atoms. The fraction of sp³-hybridized carbons (Fsp3) is 0.333. The van der Waals surface area contributed by atoms with Gasteiger partial charge in [0.2, 0.25) is 0 Å². The van der Waals surface area contributed by atoms with Crippen LogP contribution in [-0.4, -0.2) is 30.1 Å². The first-order valence-electron chi connectivity index (χ1n) is 9.35. The fourth-order valence-corrected chi connectivity index (χ4v) is 4.40. The third-order valence-corrected chi connectivity index (χ3v) is 5.95. The minimum atomic E-state index is -0.143. The van der Waals surface area contributed by atoms with Crippen LogP contribution in [0.25, 0.3) is 10.2 Å². The first-order chi connectivity index (χ1) is 13.1. The molecule has 1 unspecified atom stereocenters. The third-order valence-electron chi connectivity index (χ3n) is 5.02. The smallest absolute Gasteiger partial charge is 0.319 e. The van der Waals surface area contributed by atoms with Gasteiger partial charge < -0.3 is 15.5 Å². The molecule has 2 aromatic heterocycles. The Bertz CT molecular complexity index is 935. The molecule has 2 N–H and O–H groups in total. The molecule has 0 aliphatic carbocycles. The van der Waals surface area contributed by atoms with E-state index in [2.05, 4.69) is 57.9 Å². The Morgan fingerprint density at radius 3 is 2.81 bits per heavy atom. The first-order valence-corrected chi connectivity index (χ1v) is 10.2. The lowest BCUT2D eigenvalue weighted by atomic mass is 10.0. The molecule has 5 nitrogen and oxygen atoms in total. The van der Waals surface area contributed by atoms with Crippen LogP contribution in [0.5, 0.6) is 0 Å². The maximum absolute atomic E-state index is 12.4. The van der Waals surface area contributed by atoms with Crippen LogP contribution >= 0.6 is 11.3 Å². The molecule has 1 fully saturated rings. The topological polar surface area (TPSA) is 57.3 Å². The van der Waals surface area contributed by atoms with E-state index in [4.69, 9.17) is 0 Å². The Kier molecular flexibility index (Phi) is 4.99. The molecule has 0 spiro atoms. The Balaban J connectivity index is 1.35. The van der Waals surface area contributed by atoms with Crippen molar-refractivity contribution in [2.75, 3.05) is 23.3 Å². The molecule has 1 aliphatic heterocycles. The normalized spacial score (nSPS) is 16.9. The van der Waals surface area contributed by atoms with Gasteiger partial charge in [0.1, 0.15) is 0 Å². The quantitative estimate of drug-likeness (QED) is 0.682. The van der Waals surface area contributed by atoms with Crippen molar-refractivity contribution in [2.45, 2.75) is 32.2 Å². The van der Waals surface area contributed by atoms with Crippen molar-refractivity contribution in [2.24, 2.45) is 0 Å². The first kappa shape index (κ1) is 17.8. The number of urea groups is 1.